The van der Waals surface area contributed by atoms with Gasteiger partial charge in [0.2, 0.25) is 5.91 Å². The van der Waals surface area contributed by atoms with Crippen molar-refractivity contribution in [1.82, 2.24) is 0 Å². The van der Waals surface area contributed by atoms with Crippen molar-refractivity contribution in [2.45, 2.75) is 6.92 Å². The third-order valence-corrected chi connectivity index (χ3v) is 3.23. The molecule has 0 atom stereocenters. The lowest BCUT2D eigenvalue weighted by atomic mass is 10.2. The van der Waals surface area contributed by atoms with Gasteiger partial charge < -0.3 is 15.4 Å². The summed E-state index contributed by atoms with van der Waals surface area (Å²) in [5, 5.41) is 5.76. The summed E-state index contributed by atoms with van der Waals surface area (Å²) in [5.41, 5.74) is 1.79. The van der Waals surface area contributed by atoms with Gasteiger partial charge in [0, 0.05) is 5.02 Å². The van der Waals surface area contributed by atoms with Crippen molar-refractivity contribution in [2.24, 2.45) is 0 Å². The first-order chi connectivity index (χ1) is 10.5. The molecule has 2 rings (SSSR count). The van der Waals surface area contributed by atoms with Crippen LogP contribution in [0, 0.1) is 12.7 Å². The van der Waals surface area contributed by atoms with Crippen molar-refractivity contribution in [1.29, 1.82) is 0 Å². The Morgan fingerprint density at radius 2 is 2.00 bits per heavy atom. The van der Waals surface area contributed by atoms with Crippen LogP contribution in [0.1, 0.15) is 5.56 Å². The van der Waals surface area contributed by atoms with Crippen molar-refractivity contribution < 1.29 is 13.9 Å². The van der Waals surface area contributed by atoms with Crippen LogP contribution in [0.2, 0.25) is 5.02 Å². The van der Waals surface area contributed by atoms with Gasteiger partial charge in [-0.1, -0.05) is 17.7 Å². The summed E-state index contributed by atoms with van der Waals surface area (Å²) >= 11 is 5.67. The van der Waals surface area contributed by atoms with Crippen LogP contribution in [-0.2, 0) is 4.79 Å². The second-order valence-corrected chi connectivity index (χ2v) is 5.17. The second-order valence-electron chi connectivity index (χ2n) is 4.73. The molecule has 0 aliphatic heterocycles. The molecule has 22 heavy (non-hydrogen) atoms. The molecule has 2 aromatic rings. The molecule has 1 amide bonds. The Hall–Kier alpha value is -2.27. The van der Waals surface area contributed by atoms with Crippen molar-refractivity contribution in [3.05, 3.63) is 52.8 Å². The molecule has 6 heteroatoms. The highest BCUT2D eigenvalue weighted by molar-refractivity contribution is 6.30. The fourth-order valence-corrected chi connectivity index (χ4v) is 2.08. The van der Waals surface area contributed by atoms with E-state index < -0.39 is 5.82 Å². The molecule has 0 aliphatic carbocycles. The smallest absolute Gasteiger partial charge is 0.243 e. The van der Waals surface area contributed by atoms with Gasteiger partial charge in [0.25, 0.3) is 0 Å². The van der Waals surface area contributed by atoms with Gasteiger partial charge >= 0.3 is 0 Å². The highest BCUT2D eigenvalue weighted by Crippen LogP contribution is 2.25. The summed E-state index contributed by atoms with van der Waals surface area (Å²) in [5.74, 6) is -0.247. The maximum Gasteiger partial charge on any atom is 0.243 e. The molecule has 2 N–H and O–H groups in total. The second kappa shape index (κ2) is 7.13. The molecular weight excluding hydrogens is 307 g/mol. The van der Waals surface area contributed by atoms with Gasteiger partial charge in [-0.25, -0.2) is 4.39 Å². The topological polar surface area (TPSA) is 50.4 Å². The SMILES string of the molecule is COc1ccc(C)cc1NC(=O)CNc1ccc(Cl)cc1F. The van der Waals surface area contributed by atoms with Crippen LogP contribution in [0.3, 0.4) is 0 Å². The molecule has 2 aromatic carbocycles. The number of amides is 1. The molecule has 4 nitrogen and oxygen atoms in total. The Morgan fingerprint density at radius 3 is 2.68 bits per heavy atom. The Kier molecular flexibility index (Phi) is 5.22. The molecule has 0 bridgehead atoms. The predicted octanol–water partition coefficient (Wildman–Crippen LogP) is 3.85. The number of nitrogens with one attached hydrogen (secondary N) is 2. The van der Waals surface area contributed by atoms with Crippen molar-refractivity contribution in [3.63, 3.8) is 0 Å². The van der Waals surface area contributed by atoms with Crippen LogP contribution < -0.4 is 15.4 Å². The highest BCUT2D eigenvalue weighted by Gasteiger charge is 2.09. The van der Waals surface area contributed by atoms with Crippen LogP contribution in [0.5, 0.6) is 5.75 Å². The van der Waals surface area contributed by atoms with Crippen LogP contribution >= 0.6 is 11.6 Å². The minimum Gasteiger partial charge on any atom is -0.495 e. The molecule has 0 aliphatic rings. The van der Waals surface area contributed by atoms with Gasteiger partial charge in [0.1, 0.15) is 11.6 Å². The number of carbonyl (C=O) groups excluding carboxylic acids is 1. The van der Waals surface area contributed by atoms with Crippen LogP contribution in [0.15, 0.2) is 36.4 Å². The minimum absolute atomic E-state index is 0.0738. The van der Waals surface area contributed by atoms with Crippen molar-refractivity contribution >= 4 is 28.9 Å². The largest absolute Gasteiger partial charge is 0.495 e. The number of methoxy groups -OCH3 is 1. The van der Waals surface area contributed by atoms with Gasteiger partial charge in [-0.05, 0) is 42.8 Å². The normalized spacial score (nSPS) is 10.2. The number of ether oxygens (including phenoxy) is 1. The van der Waals surface area contributed by atoms with Crippen LogP contribution in [-0.4, -0.2) is 19.6 Å². The zero-order valence-corrected chi connectivity index (χ0v) is 13.0. The molecule has 0 saturated carbocycles. The average molecular weight is 323 g/mol. The zero-order chi connectivity index (χ0) is 16.1. The van der Waals surface area contributed by atoms with E-state index in [4.69, 9.17) is 16.3 Å². The van der Waals surface area contributed by atoms with Gasteiger partial charge in [-0.3, -0.25) is 4.79 Å². The molecule has 0 radical (unpaired) electrons. The summed E-state index contributed by atoms with van der Waals surface area (Å²) in [7, 11) is 1.53. The number of halogens is 2. The van der Waals surface area contributed by atoms with Gasteiger partial charge in [0.05, 0.1) is 25.0 Å². The first-order valence-corrected chi connectivity index (χ1v) is 7.01. The average Bonchev–Trinajstić information content (AvgIpc) is 2.46. The number of anilines is 2. The molecule has 0 fully saturated rings. The third kappa shape index (κ3) is 4.11. The number of rotatable bonds is 5. The first-order valence-electron chi connectivity index (χ1n) is 6.63. The van der Waals surface area contributed by atoms with Gasteiger partial charge in [-0.15, -0.1) is 0 Å². The van der Waals surface area contributed by atoms with Crippen LogP contribution in [0.25, 0.3) is 0 Å². The van der Waals surface area contributed by atoms with E-state index in [0.717, 1.165) is 5.56 Å². The Morgan fingerprint density at radius 1 is 1.23 bits per heavy atom. The van der Waals surface area contributed by atoms with Crippen molar-refractivity contribution in [3.8, 4) is 5.75 Å². The van der Waals surface area contributed by atoms with E-state index in [1.807, 2.05) is 13.0 Å². The minimum atomic E-state index is -0.506. The molecule has 0 saturated heterocycles. The summed E-state index contributed by atoms with van der Waals surface area (Å²) in [6.45, 7) is 1.84. The molecule has 0 spiro atoms. The highest BCUT2D eigenvalue weighted by atomic mass is 35.5. The first kappa shape index (κ1) is 16.1. The Labute approximate surface area is 133 Å². The monoisotopic (exact) mass is 322 g/mol. The number of hydrogen-bond donors (Lipinski definition) is 2. The summed E-state index contributed by atoms with van der Waals surface area (Å²) in [6, 6.07) is 9.69. The quantitative estimate of drug-likeness (QED) is 0.879. The van der Waals surface area contributed by atoms with E-state index in [9.17, 15) is 9.18 Å². The molecule has 0 unspecified atom stereocenters. The van der Waals surface area contributed by atoms with Gasteiger partial charge in [-0.2, -0.15) is 0 Å². The van der Waals surface area contributed by atoms with E-state index in [1.54, 1.807) is 18.2 Å². The predicted molar refractivity (Wildman–Crippen MR) is 86.3 cm³/mol. The number of carbonyl (C=O) groups is 1. The lowest BCUT2D eigenvalue weighted by Gasteiger charge is -2.12. The Bertz CT molecular complexity index is 692. The number of aryl methyl sites for hydroxylation is 1. The molecule has 116 valence electrons. The Balaban J connectivity index is 2.00. The number of benzene rings is 2. The molecular formula is C16H16ClFN2O2. The zero-order valence-electron chi connectivity index (χ0n) is 12.2. The van der Waals surface area contributed by atoms with E-state index >= 15 is 0 Å². The lowest BCUT2D eigenvalue weighted by Crippen LogP contribution is -2.22. The van der Waals surface area contributed by atoms with E-state index in [2.05, 4.69) is 10.6 Å². The third-order valence-electron chi connectivity index (χ3n) is 3.00. The maximum absolute atomic E-state index is 13.6. The standard InChI is InChI=1S/C16H16ClFN2O2/c1-10-3-6-15(22-2)14(7-10)20-16(21)9-19-13-5-4-11(17)8-12(13)18/h3-8,19H,9H2,1-2H3,(H,20,21). The van der Waals surface area contributed by atoms with E-state index in [0.29, 0.717) is 16.5 Å². The number of hydrogen-bond acceptors (Lipinski definition) is 3. The van der Waals surface area contributed by atoms with E-state index in [1.165, 1.54) is 19.2 Å². The maximum atomic E-state index is 13.6. The summed E-state index contributed by atoms with van der Waals surface area (Å²) < 4.78 is 18.8. The summed E-state index contributed by atoms with van der Waals surface area (Å²) in [4.78, 5) is 12.0. The van der Waals surface area contributed by atoms with Crippen LogP contribution in [0.4, 0.5) is 15.8 Å². The fraction of sp³-hybridized carbons (Fsp3) is 0.188. The van der Waals surface area contributed by atoms with Crippen molar-refractivity contribution in [2.75, 3.05) is 24.3 Å². The fourth-order valence-electron chi connectivity index (χ4n) is 1.92. The molecule has 0 aromatic heterocycles. The summed E-state index contributed by atoms with van der Waals surface area (Å²) in [6.07, 6.45) is 0. The lowest BCUT2D eigenvalue weighted by molar-refractivity contribution is -0.114. The van der Waals surface area contributed by atoms with Gasteiger partial charge in [0.15, 0.2) is 0 Å². The van der Waals surface area contributed by atoms with E-state index in [-0.39, 0.29) is 18.1 Å². The molecule has 0 heterocycles.